The molecule has 106 valence electrons. The summed E-state index contributed by atoms with van der Waals surface area (Å²) in [5.74, 6) is -0.329. The van der Waals surface area contributed by atoms with Gasteiger partial charge < -0.3 is 19.9 Å². The molecular weight excluding hydrogens is 252 g/mol. The summed E-state index contributed by atoms with van der Waals surface area (Å²) in [6.07, 6.45) is 1.31. The second-order valence-electron chi connectivity index (χ2n) is 3.95. The standard InChI is InChI=1S/C11H18N4O4/c1-14-8-9(15(17)18)7-10(14)11(16)13-4-3-12-5-6-19-2/h7-8,12H,3-6H2,1-2H3,(H,13,16). The Kier molecular flexibility index (Phi) is 5.97. The topological polar surface area (TPSA) is 98.4 Å². The largest absolute Gasteiger partial charge is 0.383 e. The molecule has 1 aromatic rings. The molecule has 0 saturated carbocycles. The Morgan fingerprint density at radius 2 is 2.21 bits per heavy atom. The van der Waals surface area contributed by atoms with Crippen LogP contribution in [0.15, 0.2) is 12.3 Å². The molecule has 0 radical (unpaired) electrons. The van der Waals surface area contributed by atoms with Gasteiger partial charge in [0.25, 0.3) is 11.6 Å². The van der Waals surface area contributed by atoms with E-state index in [1.165, 1.54) is 16.8 Å². The molecule has 8 heteroatoms. The average molecular weight is 270 g/mol. The number of rotatable bonds is 8. The van der Waals surface area contributed by atoms with Gasteiger partial charge >= 0.3 is 0 Å². The quantitative estimate of drug-likeness (QED) is 0.390. The summed E-state index contributed by atoms with van der Waals surface area (Å²) in [7, 11) is 3.21. The number of nitrogens with one attached hydrogen (secondary N) is 2. The van der Waals surface area contributed by atoms with Crippen molar-refractivity contribution in [3.05, 3.63) is 28.1 Å². The number of aryl methyl sites for hydroxylation is 1. The monoisotopic (exact) mass is 270 g/mol. The normalized spacial score (nSPS) is 10.4. The van der Waals surface area contributed by atoms with Gasteiger partial charge in [0.2, 0.25) is 0 Å². The Morgan fingerprint density at radius 1 is 1.47 bits per heavy atom. The lowest BCUT2D eigenvalue weighted by molar-refractivity contribution is -0.384. The third-order valence-electron chi connectivity index (χ3n) is 2.50. The highest BCUT2D eigenvalue weighted by atomic mass is 16.6. The molecule has 0 fully saturated rings. The highest BCUT2D eigenvalue weighted by Gasteiger charge is 2.16. The molecule has 1 rings (SSSR count). The van der Waals surface area contributed by atoms with Crippen molar-refractivity contribution in [3.63, 3.8) is 0 Å². The molecule has 1 amide bonds. The second-order valence-corrected chi connectivity index (χ2v) is 3.95. The summed E-state index contributed by atoms with van der Waals surface area (Å²) < 4.78 is 6.30. The molecule has 19 heavy (non-hydrogen) atoms. The van der Waals surface area contributed by atoms with E-state index >= 15 is 0 Å². The third-order valence-corrected chi connectivity index (χ3v) is 2.50. The van der Waals surface area contributed by atoms with Crippen LogP contribution < -0.4 is 10.6 Å². The van der Waals surface area contributed by atoms with Gasteiger partial charge in [-0.3, -0.25) is 14.9 Å². The first-order valence-corrected chi connectivity index (χ1v) is 5.85. The van der Waals surface area contributed by atoms with Crippen molar-refractivity contribution in [2.45, 2.75) is 0 Å². The van der Waals surface area contributed by atoms with E-state index in [0.29, 0.717) is 26.2 Å². The second kappa shape index (κ2) is 7.49. The minimum Gasteiger partial charge on any atom is -0.383 e. The van der Waals surface area contributed by atoms with E-state index in [1.807, 2.05) is 0 Å². The van der Waals surface area contributed by atoms with Gasteiger partial charge in [-0.15, -0.1) is 0 Å². The predicted molar refractivity (Wildman–Crippen MR) is 69.1 cm³/mol. The molecule has 0 unspecified atom stereocenters. The molecule has 0 spiro atoms. The van der Waals surface area contributed by atoms with Gasteiger partial charge in [-0.25, -0.2) is 0 Å². The molecule has 1 aromatic heterocycles. The Hall–Kier alpha value is -1.93. The number of ether oxygens (including phenoxy) is 1. The maximum Gasteiger partial charge on any atom is 0.287 e. The first-order chi connectivity index (χ1) is 9.06. The molecule has 0 aliphatic carbocycles. The van der Waals surface area contributed by atoms with Gasteiger partial charge in [0.1, 0.15) is 5.69 Å². The fourth-order valence-corrected chi connectivity index (χ4v) is 1.53. The lowest BCUT2D eigenvalue weighted by Gasteiger charge is -2.06. The van der Waals surface area contributed by atoms with Crippen molar-refractivity contribution in [1.82, 2.24) is 15.2 Å². The minimum absolute atomic E-state index is 0.0918. The van der Waals surface area contributed by atoms with Crippen molar-refractivity contribution < 1.29 is 14.5 Å². The van der Waals surface area contributed by atoms with Crippen LogP contribution in [-0.4, -0.2) is 48.7 Å². The zero-order valence-corrected chi connectivity index (χ0v) is 11.0. The van der Waals surface area contributed by atoms with E-state index in [1.54, 1.807) is 14.2 Å². The van der Waals surface area contributed by atoms with Crippen LogP contribution in [0, 0.1) is 10.1 Å². The molecular formula is C11H18N4O4. The van der Waals surface area contributed by atoms with Gasteiger partial charge in [0.15, 0.2) is 0 Å². The Balaban J connectivity index is 2.39. The fraction of sp³-hybridized carbons (Fsp3) is 0.545. The van der Waals surface area contributed by atoms with Crippen molar-refractivity contribution in [3.8, 4) is 0 Å². The van der Waals surface area contributed by atoms with Crippen molar-refractivity contribution in [2.24, 2.45) is 7.05 Å². The van der Waals surface area contributed by atoms with Crippen molar-refractivity contribution >= 4 is 11.6 Å². The van der Waals surface area contributed by atoms with Crippen LogP contribution in [0.5, 0.6) is 0 Å². The summed E-state index contributed by atoms with van der Waals surface area (Å²) in [6, 6.07) is 1.26. The zero-order chi connectivity index (χ0) is 14.3. The molecule has 0 saturated heterocycles. The molecule has 1 heterocycles. The maximum atomic E-state index is 11.8. The highest BCUT2D eigenvalue weighted by Crippen LogP contribution is 2.14. The van der Waals surface area contributed by atoms with Crippen molar-refractivity contribution in [1.29, 1.82) is 0 Å². The van der Waals surface area contributed by atoms with E-state index in [-0.39, 0.29) is 17.3 Å². The summed E-state index contributed by atoms with van der Waals surface area (Å²) in [5, 5.41) is 16.3. The summed E-state index contributed by atoms with van der Waals surface area (Å²) in [5.41, 5.74) is 0.175. The molecule has 2 N–H and O–H groups in total. The first kappa shape index (κ1) is 15.1. The fourth-order valence-electron chi connectivity index (χ4n) is 1.53. The van der Waals surface area contributed by atoms with Crippen molar-refractivity contribution in [2.75, 3.05) is 33.4 Å². The number of nitro groups is 1. The SMILES string of the molecule is COCCNCCNC(=O)c1cc([N+](=O)[O-])cn1C. The van der Waals surface area contributed by atoms with E-state index in [0.717, 1.165) is 0 Å². The lowest BCUT2D eigenvalue weighted by Crippen LogP contribution is -2.33. The number of carbonyl (C=O) groups excluding carboxylic acids is 1. The van der Waals surface area contributed by atoms with Gasteiger partial charge in [-0.2, -0.15) is 0 Å². The maximum absolute atomic E-state index is 11.8. The average Bonchev–Trinajstić information content (AvgIpc) is 2.76. The van der Waals surface area contributed by atoms with E-state index < -0.39 is 4.92 Å². The van der Waals surface area contributed by atoms with E-state index in [2.05, 4.69) is 10.6 Å². The molecule has 8 nitrogen and oxygen atoms in total. The number of aromatic nitrogens is 1. The number of nitrogens with zero attached hydrogens (tertiary/aromatic N) is 2. The van der Waals surface area contributed by atoms with Crippen LogP contribution in [0.3, 0.4) is 0 Å². The molecule has 0 aliphatic heterocycles. The van der Waals surface area contributed by atoms with Gasteiger partial charge in [-0.1, -0.05) is 0 Å². The van der Waals surface area contributed by atoms with E-state index in [4.69, 9.17) is 4.74 Å². The van der Waals surface area contributed by atoms with Crippen LogP contribution in [-0.2, 0) is 11.8 Å². The highest BCUT2D eigenvalue weighted by molar-refractivity contribution is 5.93. The number of amides is 1. The molecule has 0 aliphatic rings. The Labute approximate surface area is 110 Å². The zero-order valence-electron chi connectivity index (χ0n) is 11.0. The Morgan fingerprint density at radius 3 is 2.79 bits per heavy atom. The summed E-state index contributed by atoms with van der Waals surface area (Å²) in [6.45, 7) is 2.38. The number of hydrogen-bond donors (Lipinski definition) is 2. The van der Waals surface area contributed by atoms with Crippen LogP contribution >= 0.6 is 0 Å². The Bertz CT molecular complexity index is 444. The van der Waals surface area contributed by atoms with Gasteiger partial charge in [0.05, 0.1) is 17.7 Å². The molecule has 0 atom stereocenters. The number of hydrogen-bond acceptors (Lipinski definition) is 5. The summed E-state index contributed by atoms with van der Waals surface area (Å²) in [4.78, 5) is 21.8. The minimum atomic E-state index is -0.525. The molecule has 0 aromatic carbocycles. The van der Waals surface area contributed by atoms with Crippen LogP contribution in [0.4, 0.5) is 5.69 Å². The lowest BCUT2D eigenvalue weighted by atomic mass is 10.4. The first-order valence-electron chi connectivity index (χ1n) is 5.85. The van der Waals surface area contributed by atoms with Crippen LogP contribution in [0.1, 0.15) is 10.5 Å². The van der Waals surface area contributed by atoms with E-state index in [9.17, 15) is 14.9 Å². The number of methoxy groups -OCH3 is 1. The smallest absolute Gasteiger partial charge is 0.287 e. The summed E-state index contributed by atoms with van der Waals surface area (Å²) >= 11 is 0. The third kappa shape index (κ3) is 4.68. The molecule has 0 bridgehead atoms. The van der Waals surface area contributed by atoms with Gasteiger partial charge in [-0.05, 0) is 0 Å². The van der Waals surface area contributed by atoms with Crippen LogP contribution in [0.2, 0.25) is 0 Å². The van der Waals surface area contributed by atoms with Crippen LogP contribution in [0.25, 0.3) is 0 Å². The number of carbonyl (C=O) groups is 1. The predicted octanol–water partition coefficient (Wildman–Crippen LogP) is -0.101. The van der Waals surface area contributed by atoms with Gasteiger partial charge in [0, 0.05) is 39.9 Å².